The Kier molecular flexibility index (Phi) is 5.07. The molecule has 2 rings (SSSR count). The molecule has 4 nitrogen and oxygen atoms in total. The van der Waals surface area contributed by atoms with Crippen molar-refractivity contribution in [2.75, 3.05) is 13.6 Å². The molecular weight excluding hydrogens is 296 g/mol. The highest BCUT2D eigenvalue weighted by Crippen LogP contribution is 2.36. The SMILES string of the molecule is CNCc1cc(S(=O)(=O)NCC(C)C2CC2)ccc1Cl. The molecule has 0 aliphatic heterocycles. The van der Waals surface area contributed by atoms with Crippen molar-refractivity contribution in [2.24, 2.45) is 11.8 Å². The summed E-state index contributed by atoms with van der Waals surface area (Å²) >= 11 is 6.05. The van der Waals surface area contributed by atoms with Crippen molar-refractivity contribution in [3.05, 3.63) is 28.8 Å². The van der Waals surface area contributed by atoms with E-state index in [1.54, 1.807) is 25.2 Å². The smallest absolute Gasteiger partial charge is 0.240 e. The van der Waals surface area contributed by atoms with Crippen molar-refractivity contribution >= 4 is 21.6 Å². The summed E-state index contributed by atoms with van der Waals surface area (Å²) < 4.78 is 27.2. The van der Waals surface area contributed by atoms with Gasteiger partial charge in [0.1, 0.15) is 0 Å². The summed E-state index contributed by atoms with van der Waals surface area (Å²) in [4.78, 5) is 0.273. The van der Waals surface area contributed by atoms with E-state index < -0.39 is 10.0 Å². The second-order valence-corrected chi connectivity index (χ2v) is 7.62. The molecule has 0 aromatic heterocycles. The molecule has 2 N–H and O–H groups in total. The molecule has 1 atom stereocenters. The van der Waals surface area contributed by atoms with Crippen LogP contribution in [0.25, 0.3) is 0 Å². The molecule has 0 radical (unpaired) electrons. The zero-order chi connectivity index (χ0) is 14.8. The van der Waals surface area contributed by atoms with E-state index in [9.17, 15) is 8.42 Å². The Labute approximate surface area is 126 Å². The van der Waals surface area contributed by atoms with Crippen LogP contribution in [0.1, 0.15) is 25.3 Å². The van der Waals surface area contributed by atoms with E-state index in [0.717, 1.165) is 5.56 Å². The minimum atomic E-state index is -3.46. The lowest BCUT2D eigenvalue weighted by Crippen LogP contribution is -2.29. The lowest BCUT2D eigenvalue weighted by Gasteiger charge is -2.13. The topological polar surface area (TPSA) is 58.2 Å². The normalized spacial score (nSPS) is 17.1. The minimum Gasteiger partial charge on any atom is -0.316 e. The van der Waals surface area contributed by atoms with Crippen LogP contribution in [-0.4, -0.2) is 22.0 Å². The molecule has 6 heteroatoms. The van der Waals surface area contributed by atoms with E-state index in [1.165, 1.54) is 12.8 Å². The van der Waals surface area contributed by atoms with Crippen LogP contribution in [0.5, 0.6) is 0 Å². The summed E-state index contributed by atoms with van der Waals surface area (Å²) in [5, 5.41) is 3.55. The number of nitrogens with one attached hydrogen (secondary N) is 2. The van der Waals surface area contributed by atoms with Crippen LogP contribution in [0.4, 0.5) is 0 Å². The van der Waals surface area contributed by atoms with Gasteiger partial charge in [-0.3, -0.25) is 0 Å². The highest BCUT2D eigenvalue weighted by atomic mass is 35.5. The van der Waals surface area contributed by atoms with Gasteiger partial charge in [0.05, 0.1) is 4.90 Å². The van der Waals surface area contributed by atoms with Crippen molar-refractivity contribution in [1.82, 2.24) is 10.0 Å². The summed E-state index contributed by atoms with van der Waals surface area (Å²) in [6, 6.07) is 4.81. The third-order valence-electron chi connectivity index (χ3n) is 3.72. The van der Waals surface area contributed by atoms with Gasteiger partial charge >= 0.3 is 0 Å². The Morgan fingerprint density at radius 2 is 2.10 bits per heavy atom. The number of sulfonamides is 1. The fourth-order valence-electron chi connectivity index (χ4n) is 2.20. The molecule has 0 spiro atoms. The van der Waals surface area contributed by atoms with E-state index in [-0.39, 0.29) is 4.90 Å². The van der Waals surface area contributed by atoms with Crippen LogP contribution in [0, 0.1) is 11.8 Å². The number of benzene rings is 1. The molecule has 1 aliphatic carbocycles. The van der Waals surface area contributed by atoms with E-state index in [1.807, 2.05) is 0 Å². The fraction of sp³-hybridized carbons (Fsp3) is 0.571. The van der Waals surface area contributed by atoms with Gasteiger partial charge in [-0.2, -0.15) is 0 Å². The van der Waals surface area contributed by atoms with E-state index >= 15 is 0 Å². The van der Waals surface area contributed by atoms with Crippen LogP contribution in [0.2, 0.25) is 5.02 Å². The van der Waals surface area contributed by atoms with E-state index in [0.29, 0.717) is 29.9 Å². The van der Waals surface area contributed by atoms with E-state index in [4.69, 9.17) is 11.6 Å². The first kappa shape index (κ1) is 15.8. The minimum absolute atomic E-state index is 0.273. The molecule has 112 valence electrons. The molecule has 0 bridgehead atoms. The number of halogens is 1. The molecule has 20 heavy (non-hydrogen) atoms. The molecular formula is C14H21ClN2O2S. The maximum atomic E-state index is 12.3. The Hall–Kier alpha value is -0.620. The number of rotatable bonds is 7. The quantitative estimate of drug-likeness (QED) is 0.812. The third kappa shape index (κ3) is 3.95. The molecule has 1 fully saturated rings. The predicted molar refractivity (Wildman–Crippen MR) is 81.3 cm³/mol. The first-order valence-corrected chi connectivity index (χ1v) is 8.73. The molecule has 1 aliphatic rings. The molecule has 0 saturated heterocycles. The Morgan fingerprint density at radius 1 is 1.40 bits per heavy atom. The molecule has 0 amide bonds. The number of hydrogen-bond acceptors (Lipinski definition) is 3. The first-order valence-electron chi connectivity index (χ1n) is 6.86. The third-order valence-corrected chi connectivity index (χ3v) is 5.51. The van der Waals surface area contributed by atoms with Crippen molar-refractivity contribution in [3.8, 4) is 0 Å². The summed E-state index contributed by atoms with van der Waals surface area (Å²) in [7, 11) is -1.66. The summed E-state index contributed by atoms with van der Waals surface area (Å²) in [6.45, 7) is 3.13. The maximum Gasteiger partial charge on any atom is 0.240 e. The monoisotopic (exact) mass is 316 g/mol. The average Bonchev–Trinajstić information content (AvgIpc) is 3.23. The van der Waals surface area contributed by atoms with Gasteiger partial charge in [0.15, 0.2) is 0 Å². The first-order chi connectivity index (χ1) is 9.44. The van der Waals surface area contributed by atoms with Gasteiger partial charge in [0, 0.05) is 18.1 Å². The summed E-state index contributed by atoms with van der Waals surface area (Å²) in [5.74, 6) is 1.08. The second kappa shape index (κ2) is 6.43. The molecule has 1 saturated carbocycles. The van der Waals surface area contributed by atoms with Crippen molar-refractivity contribution < 1.29 is 8.42 Å². The zero-order valence-electron chi connectivity index (χ0n) is 11.8. The van der Waals surface area contributed by atoms with Crippen LogP contribution in [0.3, 0.4) is 0 Å². The fourth-order valence-corrected chi connectivity index (χ4v) is 3.58. The van der Waals surface area contributed by atoms with Crippen molar-refractivity contribution in [3.63, 3.8) is 0 Å². The Balaban J connectivity index is 2.09. The van der Waals surface area contributed by atoms with Crippen LogP contribution < -0.4 is 10.0 Å². The Bertz CT molecular complexity index is 571. The molecule has 1 aromatic rings. The zero-order valence-corrected chi connectivity index (χ0v) is 13.4. The van der Waals surface area contributed by atoms with Gasteiger partial charge in [-0.25, -0.2) is 13.1 Å². The lowest BCUT2D eigenvalue weighted by molar-refractivity contribution is 0.492. The van der Waals surface area contributed by atoms with Gasteiger partial charge in [-0.15, -0.1) is 0 Å². The summed E-state index contributed by atoms with van der Waals surface area (Å²) in [6.07, 6.45) is 2.44. The van der Waals surface area contributed by atoms with Gasteiger partial charge in [0.2, 0.25) is 10.0 Å². The summed E-state index contributed by atoms with van der Waals surface area (Å²) in [5.41, 5.74) is 0.785. The molecule has 0 heterocycles. The van der Waals surface area contributed by atoms with Crippen LogP contribution in [0.15, 0.2) is 23.1 Å². The Morgan fingerprint density at radius 3 is 2.70 bits per heavy atom. The van der Waals surface area contributed by atoms with Gasteiger partial charge in [-0.1, -0.05) is 18.5 Å². The predicted octanol–water partition coefficient (Wildman–Crippen LogP) is 2.38. The highest BCUT2D eigenvalue weighted by molar-refractivity contribution is 7.89. The van der Waals surface area contributed by atoms with Crippen LogP contribution in [-0.2, 0) is 16.6 Å². The molecule has 1 unspecified atom stereocenters. The average molecular weight is 317 g/mol. The van der Waals surface area contributed by atoms with Crippen LogP contribution >= 0.6 is 11.6 Å². The van der Waals surface area contributed by atoms with Crippen molar-refractivity contribution in [2.45, 2.75) is 31.2 Å². The number of hydrogen-bond donors (Lipinski definition) is 2. The van der Waals surface area contributed by atoms with Gasteiger partial charge < -0.3 is 5.32 Å². The van der Waals surface area contributed by atoms with Gasteiger partial charge in [-0.05, 0) is 55.5 Å². The van der Waals surface area contributed by atoms with Crippen molar-refractivity contribution in [1.29, 1.82) is 0 Å². The molecule has 1 aromatic carbocycles. The maximum absolute atomic E-state index is 12.3. The highest BCUT2D eigenvalue weighted by Gasteiger charge is 2.28. The standard InChI is InChI=1S/C14H21ClN2O2S/c1-10(11-3-4-11)8-17-20(18,19)13-5-6-14(15)12(7-13)9-16-2/h5-7,10-11,16-17H,3-4,8-9H2,1-2H3. The van der Waals surface area contributed by atoms with Gasteiger partial charge in [0.25, 0.3) is 0 Å². The second-order valence-electron chi connectivity index (χ2n) is 5.45. The lowest BCUT2D eigenvalue weighted by atomic mass is 10.1. The largest absolute Gasteiger partial charge is 0.316 e. The van der Waals surface area contributed by atoms with E-state index in [2.05, 4.69) is 17.0 Å².